The SMILES string of the molecule is NC(=NO)C1CCN(C(=O)CCOc2ccccc2)CC1. The summed E-state index contributed by atoms with van der Waals surface area (Å²) in [5.41, 5.74) is 5.59. The molecule has 0 bridgehead atoms. The maximum Gasteiger partial charge on any atom is 0.225 e. The Morgan fingerprint density at radius 3 is 2.62 bits per heavy atom. The molecule has 1 aromatic carbocycles. The molecule has 21 heavy (non-hydrogen) atoms. The fourth-order valence-electron chi connectivity index (χ4n) is 2.44. The normalized spacial score (nSPS) is 16.8. The third kappa shape index (κ3) is 4.37. The maximum atomic E-state index is 12.1. The van der Waals surface area contributed by atoms with E-state index in [1.54, 1.807) is 0 Å². The molecule has 2 rings (SSSR count). The summed E-state index contributed by atoms with van der Waals surface area (Å²) in [4.78, 5) is 13.9. The standard InChI is InChI=1S/C15H21N3O3/c16-15(17-20)12-6-9-18(10-7-12)14(19)8-11-21-13-4-2-1-3-5-13/h1-5,12,20H,6-11H2,(H2,16,17). The molecule has 0 spiro atoms. The first-order valence-corrected chi connectivity index (χ1v) is 7.13. The number of rotatable bonds is 5. The lowest BCUT2D eigenvalue weighted by atomic mass is 9.96. The number of carbonyl (C=O) groups is 1. The third-order valence-electron chi connectivity index (χ3n) is 3.71. The molecule has 0 unspecified atom stereocenters. The van der Waals surface area contributed by atoms with E-state index in [1.807, 2.05) is 35.2 Å². The van der Waals surface area contributed by atoms with Gasteiger partial charge in [0.15, 0.2) is 0 Å². The number of carbonyl (C=O) groups excluding carboxylic acids is 1. The minimum atomic E-state index is 0.0691. The summed E-state index contributed by atoms with van der Waals surface area (Å²) >= 11 is 0. The quantitative estimate of drug-likeness (QED) is 0.372. The van der Waals surface area contributed by atoms with E-state index < -0.39 is 0 Å². The number of benzene rings is 1. The van der Waals surface area contributed by atoms with Crippen molar-refractivity contribution in [3.8, 4) is 5.75 Å². The molecule has 0 aliphatic carbocycles. The van der Waals surface area contributed by atoms with Crippen molar-refractivity contribution in [2.45, 2.75) is 19.3 Å². The van der Waals surface area contributed by atoms with Gasteiger partial charge in [0.1, 0.15) is 11.6 Å². The Hall–Kier alpha value is -2.24. The first kappa shape index (κ1) is 15.2. The van der Waals surface area contributed by atoms with Gasteiger partial charge >= 0.3 is 0 Å². The van der Waals surface area contributed by atoms with Crippen molar-refractivity contribution in [3.05, 3.63) is 30.3 Å². The molecule has 0 saturated carbocycles. The number of nitrogens with two attached hydrogens (primary N) is 1. The first-order chi connectivity index (χ1) is 10.2. The van der Waals surface area contributed by atoms with Crippen LogP contribution in [-0.4, -0.2) is 41.5 Å². The summed E-state index contributed by atoms with van der Waals surface area (Å²) < 4.78 is 5.52. The number of nitrogens with zero attached hydrogens (tertiary/aromatic N) is 2. The van der Waals surface area contributed by atoms with Crippen molar-refractivity contribution >= 4 is 11.7 Å². The average molecular weight is 291 g/mol. The fraction of sp³-hybridized carbons (Fsp3) is 0.467. The number of hydrogen-bond acceptors (Lipinski definition) is 4. The van der Waals surface area contributed by atoms with Crippen molar-refractivity contribution in [3.63, 3.8) is 0 Å². The lowest BCUT2D eigenvalue weighted by molar-refractivity contribution is -0.132. The van der Waals surface area contributed by atoms with Gasteiger partial charge in [-0.2, -0.15) is 0 Å². The summed E-state index contributed by atoms with van der Waals surface area (Å²) in [6.07, 6.45) is 1.84. The van der Waals surface area contributed by atoms with Gasteiger partial charge in [-0.25, -0.2) is 0 Å². The molecule has 0 atom stereocenters. The van der Waals surface area contributed by atoms with E-state index in [-0.39, 0.29) is 17.7 Å². The fourth-order valence-corrected chi connectivity index (χ4v) is 2.44. The molecule has 1 amide bonds. The lowest BCUT2D eigenvalue weighted by Gasteiger charge is -2.31. The van der Waals surface area contributed by atoms with Crippen LogP contribution in [0.25, 0.3) is 0 Å². The second kappa shape index (κ2) is 7.52. The first-order valence-electron chi connectivity index (χ1n) is 7.13. The van der Waals surface area contributed by atoms with Crippen molar-refractivity contribution in [1.29, 1.82) is 0 Å². The van der Waals surface area contributed by atoms with Gasteiger partial charge in [-0.05, 0) is 25.0 Å². The zero-order valence-corrected chi connectivity index (χ0v) is 11.9. The Labute approximate surface area is 124 Å². The molecule has 1 aliphatic heterocycles. The van der Waals surface area contributed by atoms with Crippen LogP contribution in [0.15, 0.2) is 35.5 Å². The van der Waals surface area contributed by atoms with Crippen molar-refractivity contribution in [2.75, 3.05) is 19.7 Å². The lowest BCUT2D eigenvalue weighted by Crippen LogP contribution is -2.42. The predicted molar refractivity (Wildman–Crippen MR) is 79.3 cm³/mol. The monoisotopic (exact) mass is 291 g/mol. The smallest absolute Gasteiger partial charge is 0.225 e. The average Bonchev–Trinajstić information content (AvgIpc) is 2.55. The molecule has 6 nitrogen and oxygen atoms in total. The molecule has 6 heteroatoms. The van der Waals surface area contributed by atoms with E-state index in [9.17, 15) is 4.79 Å². The number of para-hydroxylation sites is 1. The Balaban J connectivity index is 1.70. The van der Waals surface area contributed by atoms with Crippen LogP contribution in [0, 0.1) is 5.92 Å². The van der Waals surface area contributed by atoms with Gasteiger partial charge in [0, 0.05) is 19.0 Å². The highest BCUT2D eigenvalue weighted by atomic mass is 16.5. The van der Waals surface area contributed by atoms with Crippen LogP contribution in [0.1, 0.15) is 19.3 Å². The van der Waals surface area contributed by atoms with Crippen molar-refractivity contribution in [1.82, 2.24) is 4.90 Å². The largest absolute Gasteiger partial charge is 0.493 e. The molecular formula is C15H21N3O3. The minimum absolute atomic E-state index is 0.0691. The molecule has 0 aromatic heterocycles. The number of oxime groups is 1. The minimum Gasteiger partial charge on any atom is -0.493 e. The van der Waals surface area contributed by atoms with Gasteiger partial charge in [-0.3, -0.25) is 4.79 Å². The van der Waals surface area contributed by atoms with Crippen LogP contribution >= 0.6 is 0 Å². The summed E-state index contributed by atoms with van der Waals surface area (Å²) in [7, 11) is 0. The molecule has 1 saturated heterocycles. The molecule has 1 aliphatic rings. The molecule has 114 valence electrons. The van der Waals surface area contributed by atoms with E-state index in [0.29, 0.717) is 26.1 Å². The van der Waals surface area contributed by atoms with Gasteiger partial charge < -0.3 is 20.6 Å². The Morgan fingerprint density at radius 2 is 2.00 bits per heavy atom. The third-order valence-corrected chi connectivity index (χ3v) is 3.71. The van der Waals surface area contributed by atoms with E-state index in [0.717, 1.165) is 18.6 Å². The molecule has 1 heterocycles. The van der Waals surface area contributed by atoms with Crippen molar-refractivity contribution < 1.29 is 14.7 Å². The Bertz CT molecular complexity index is 482. The highest BCUT2D eigenvalue weighted by Gasteiger charge is 2.24. The summed E-state index contributed by atoms with van der Waals surface area (Å²) in [6, 6.07) is 9.45. The van der Waals surface area contributed by atoms with Crippen LogP contribution < -0.4 is 10.5 Å². The van der Waals surface area contributed by atoms with Gasteiger partial charge in [0.25, 0.3) is 0 Å². The zero-order valence-electron chi connectivity index (χ0n) is 11.9. The number of ether oxygens (including phenoxy) is 1. The Kier molecular flexibility index (Phi) is 5.43. The van der Waals surface area contributed by atoms with Crippen molar-refractivity contribution in [2.24, 2.45) is 16.8 Å². The molecule has 1 fully saturated rings. The van der Waals surface area contributed by atoms with E-state index in [2.05, 4.69) is 5.16 Å². The van der Waals surface area contributed by atoms with Gasteiger partial charge in [0.05, 0.1) is 13.0 Å². The number of piperidine rings is 1. The number of hydrogen-bond donors (Lipinski definition) is 2. The van der Waals surface area contributed by atoms with Crippen LogP contribution in [0.2, 0.25) is 0 Å². The summed E-state index contributed by atoms with van der Waals surface area (Å²) in [5.74, 6) is 1.19. The molecule has 0 radical (unpaired) electrons. The number of amides is 1. The highest BCUT2D eigenvalue weighted by molar-refractivity contribution is 5.83. The maximum absolute atomic E-state index is 12.1. The van der Waals surface area contributed by atoms with Crippen LogP contribution in [-0.2, 0) is 4.79 Å². The zero-order chi connectivity index (χ0) is 15.1. The number of likely N-dealkylation sites (tertiary alicyclic amines) is 1. The molecule has 1 aromatic rings. The van der Waals surface area contributed by atoms with Crippen LogP contribution in [0.3, 0.4) is 0 Å². The summed E-state index contributed by atoms with van der Waals surface area (Å²) in [6.45, 7) is 1.67. The van der Waals surface area contributed by atoms with E-state index in [4.69, 9.17) is 15.7 Å². The van der Waals surface area contributed by atoms with Gasteiger partial charge in [0.2, 0.25) is 5.91 Å². The highest BCUT2D eigenvalue weighted by Crippen LogP contribution is 2.18. The van der Waals surface area contributed by atoms with E-state index in [1.165, 1.54) is 0 Å². The second-order valence-corrected chi connectivity index (χ2v) is 5.09. The second-order valence-electron chi connectivity index (χ2n) is 5.09. The predicted octanol–water partition coefficient (Wildman–Crippen LogP) is 1.44. The number of amidine groups is 1. The topological polar surface area (TPSA) is 88.2 Å². The molecular weight excluding hydrogens is 270 g/mol. The van der Waals surface area contributed by atoms with Crippen LogP contribution in [0.5, 0.6) is 5.75 Å². The summed E-state index contributed by atoms with van der Waals surface area (Å²) in [5, 5.41) is 11.7. The van der Waals surface area contributed by atoms with Crippen LogP contribution in [0.4, 0.5) is 0 Å². The Morgan fingerprint density at radius 1 is 1.33 bits per heavy atom. The van der Waals surface area contributed by atoms with Gasteiger partial charge in [-0.1, -0.05) is 23.4 Å². The van der Waals surface area contributed by atoms with Gasteiger partial charge in [-0.15, -0.1) is 0 Å². The van der Waals surface area contributed by atoms with E-state index >= 15 is 0 Å². The molecule has 3 N–H and O–H groups in total.